The first-order valence-electron chi connectivity index (χ1n) is 4.56. The van der Waals surface area contributed by atoms with Crippen LogP contribution >= 0.6 is 22.9 Å². The second-order valence-corrected chi connectivity index (χ2v) is 4.37. The van der Waals surface area contributed by atoms with Crippen molar-refractivity contribution < 1.29 is 9.53 Å². The molecule has 0 radical (unpaired) electrons. The van der Waals surface area contributed by atoms with Gasteiger partial charge in [0.05, 0.1) is 12.2 Å². The Morgan fingerprint density at radius 2 is 2.33 bits per heavy atom. The number of thiophene rings is 1. The lowest BCUT2D eigenvalue weighted by atomic mass is 10.2. The van der Waals surface area contributed by atoms with Gasteiger partial charge >= 0.3 is 5.97 Å². The predicted octanol–water partition coefficient (Wildman–Crippen LogP) is 3.73. The third-order valence-electron chi connectivity index (χ3n) is 2.01. The maximum atomic E-state index is 11.6. The van der Waals surface area contributed by atoms with Crippen molar-refractivity contribution in [3.05, 3.63) is 34.2 Å². The number of hydrogen-bond acceptors (Lipinski definition) is 3. The molecule has 2 aromatic rings. The zero-order chi connectivity index (χ0) is 10.8. The average Bonchev–Trinajstić information content (AvgIpc) is 2.64. The number of esters is 1. The molecule has 0 saturated heterocycles. The molecule has 0 spiro atoms. The molecule has 0 aliphatic heterocycles. The Hall–Kier alpha value is -1.06. The fraction of sp³-hybridized carbons (Fsp3) is 0.182. The molecule has 15 heavy (non-hydrogen) atoms. The Morgan fingerprint density at radius 1 is 1.53 bits per heavy atom. The molecule has 0 amide bonds. The van der Waals surface area contributed by atoms with Crippen LogP contribution in [-0.4, -0.2) is 12.6 Å². The molecule has 78 valence electrons. The number of benzene rings is 1. The second-order valence-electron chi connectivity index (χ2n) is 3.01. The van der Waals surface area contributed by atoms with Crippen LogP contribution in [0.4, 0.5) is 0 Å². The van der Waals surface area contributed by atoms with Crippen LogP contribution in [0.2, 0.25) is 5.02 Å². The summed E-state index contributed by atoms with van der Waals surface area (Å²) in [5, 5.41) is 3.48. The minimum Gasteiger partial charge on any atom is -0.462 e. The molecule has 2 nitrogen and oxygen atoms in total. The highest BCUT2D eigenvalue weighted by molar-refractivity contribution is 7.17. The first-order valence-corrected chi connectivity index (χ1v) is 5.82. The van der Waals surface area contributed by atoms with Crippen LogP contribution in [0.3, 0.4) is 0 Å². The average molecular weight is 241 g/mol. The minimum atomic E-state index is -0.313. The molecule has 1 aromatic heterocycles. The fourth-order valence-corrected chi connectivity index (χ4v) is 2.52. The molecule has 1 heterocycles. The molecule has 0 atom stereocenters. The van der Waals surface area contributed by atoms with Crippen molar-refractivity contribution in [1.82, 2.24) is 0 Å². The van der Waals surface area contributed by atoms with Gasteiger partial charge in [-0.3, -0.25) is 0 Å². The highest BCUT2D eigenvalue weighted by Crippen LogP contribution is 2.29. The summed E-state index contributed by atoms with van der Waals surface area (Å²) >= 11 is 7.44. The molecule has 0 N–H and O–H groups in total. The van der Waals surface area contributed by atoms with Gasteiger partial charge in [-0.25, -0.2) is 4.79 Å². The van der Waals surface area contributed by atoms with E-state index in [9.17, 15) is 4.79 Å². The summed E-state index contributed by atoms with van der Waals surface area (Å²) in [7, 11) is 0. The lowest BCUT2D eigenvalue weighted by Crippen LogP contribution is -2.04. The summed E-state index contributed by atoms with van der Waals surface area (Å²) in [4.78, 5) is 11.6. The van der Waals surface area contributed by atoms with E-state index < -0.39 is 0 Å². The third kappa shape index (κ3) is 1.98. The summed E-state index contributed by atoms with van der Waals surface area (Å²) in [5.74, 6) is -0.313. The van der Waals surface area contributed by atoms with Gasteiger partial charge in [0, 0.05) is 9.72 Å². The van der Waals surface area contributed by atoms with Gasteiger partial charge in [-0.15, -0.1) is 11.3 Å². The van der Waals surface area contributed by atoms with Gasteiger partial charge < -0.3 is 4.74 Å². The van der Waals surface area contributed by atoms with E-state index in [0.717, 1.165) is 10.1 Å². The van der Waals surface area contributed by atoms with Crippen molar-refractivity contribution in [2.24, 2.45) is 0 Å². The molecular formula is C11H9ClO2S. The van der Waals surface area contributed by atoms with Crippen LogP contribution < -0.4 is 0 Å². The molecule has 4 heteroatoms. The first kappa shape index (κ1) is 10.5. The topological polar surface area (TPSA) is 26.3 Å². The van der Waals surface area contributed by atoms with Crippen molar-refractivity contribution in [3.8, 4) is 0 Å². The SMILES string of the molecule is CCOC(=O)c1cc(Cl)cc2ccsc12. The quantitative estimate of drug-likeness (QED) is 0.748. The van der Waals surface area contributed by atoms with E-state index in [0.29, 0.717) is 17.2 Å². The molecular weight excluding hydrogens is 232 g/mol. The van der Waals surface area contributed by atoms with Crippen LogP contribution in [0.1, 0.15) is 17.3 Å². The summed E-state index contributed by atoms with van der Waals surface area (Å²) in [6, 6.07) is 5.43. The van der Waals surface area contributed by atoms with Crippen LogP contribution in [0.15, 0.2) is 23.6 Å². The normalized spacial score (nSPS) is 10.5. The van der Waals surface area contributed by atoms with Crippen LogP contribution in [-0.2, 0) is 4.74 Å². The van der Waals surface area contributed by atoms with E-state index in [4.69, 9.17) is 16.3 Å². The molecule has 0 aliphatic rings. The fourth-order valence-electron chi connectivity index (χ4n) is 1.41. The lowest BCUT2D eigenvalue weighted by molar-refractivity contribution is 0.0529. The number of halogens is 1. The van der Waals surface area contributed by atoms with E-state index in [1.54, 1.807) is 13.0 Å². The van der Waals surface area contributed by atoms with Gasteiger partial charge in [-0.2, -0.15) is 0 Å². The number of hydrogen-bond donors (Lipinski definition) is 0. The van der Waals surface area contributed by atoms with E-state index in [1.165, 1.54) is 11.3 Å². The molecule has 1 aromatic carbocycles. The Balaban J connectivity index is 2.57. The summed E-state index contributed by atoms with van der Waals surface area (Å²) in [6.07, 6.45) is 0. The predicted molar refractivity (Wildman–Crippen MR) is 62.8 cm³/mol. The van der Waals surface area contributed by atoms with Crippen LogP contribution in [0, 0.1) is 0 Å². The lowest BCUT2D eigenvalue weighted by Gasteiger charge is -2.03. The molecule has 2 rings (SSSR count). The Kier molecular flexibility index (Phi) is 2.93. The number of carbonyl (C=O) groups excluding carboxylic acids is 1. The Morgan fingerprint density at radius 3 is 3.07 bits per heavy atom. The van der Waals surface area contributed by atoms with Gasteiger partial charge in [0.15, 0.2) is 0 Å². The third-order valence-corrected chi connectivity index (χ3v) is 3.19. The monoisotopic (exact) mass is 240 g/mol. The van der Waals surface area contributed by atoms with Gasteiger partial charge in [0.25, 0.3) is 0 Å². The number of ether oxygens (including phenoxy) is 1. The maximum Gasteiger partial charge on any atom is 0.339 e. The van der Waals surface area contributed by atoms with E-state index >= 15 is 0 Å². The number of fused-ring (bicyclic) bond motifs is 1. The number of carbonyl (C=O) groups is 1. The van der Waals surface area contributed by atoms with E-state index in [2.05, 4.69) is 0 Å². The maximum absolute atomic E-state index is 11.6. The molecule has 0 bridgehead atoms. The standard InChI is InChI=1S/C11H9ClO2S/c1-2-14-11(13)9-6-8(12)5-7-3-4-15-10(7)9/h3-6H,2H2,1H3. The molecule has 0 unspecified atom stereocenters. The van der Waals surface area contributed by atoms with Crippen LogP contribution in [0.5, 0.6) is 0 Å². The summed E-state index contributed by atoms with van der Waals surface area (Å²) in [5.41, 5.74) is 0.550. The van der Waals surface area contributed by atoms with Crippen molar-refractivity contribution in [1.29, 1.82) is 0 Å². The summed E-state index contributed by atoms with van der Waals surface area (Å²) < 4.78 is 5.90. The van der Waals surface area contributed by atoms with Gasteiger partial charge in [-0.05, 0) is 35.9 Å². The Labute approximate surface area is 96.4 Å². The zero-order valence-electron chi connectivity index (χ0n) is 8.12. The highest BCUT2D eigenvalue weighted by atomic mass is 35.5. The molecule has 0 fully saturated rings. The van der Waals surface area contributed by atoms with Gasteiger partial charge in [0.1, 0.15) is 0 Å². The second kappa shape index (κ2) is 4.21. The van der Waals surface area contributed by atoms with Gasteiger partial charge in [0.2, 0.25) is 0 Å². The molecule has 0 saturated carbocycles. The van der Waals surface area contributed by atoms with Crippen LogP contribution in [0.25, 0.3) is 10.1 Å². The van der Waals surface area contributed by atoms with Gasteiger partial charge in [-0.1, -0.05) is 11.6 Å². The van der Waals surface area contributed by atoms with Crippen molar-refractivity contribution >= 4 is 39.0 Å². The largest absolute Gasteiger partial charge is 0.462 e. The molecule has 0 aliphatic carbocycles. The first-order chi connectivity index (χ1) is 7.22. The minimum absolute atomic E-state index is 0.313. The van der Waals surface area contributed by atoms with Crippen molar-refractivity contribution in [2.75, 3.05) is 6.61 Å². The number of rotatable bonds is 2. The Bertz CT molecular complexity index is 504. The van der Waals surface area contributed by atoms with Crippen molar-refractivity contribution in [2.45, 2.75) is 6.92 Å². The zero-order valence-corrected chi connectivity index (χ0v) is 9.69. The van der Waals surface area contributed by atoms with E-state index in [-0.39, 0.29) is 5.97 Å². The van der Waals surface area contributed by atoms with E-state index in [1.807, 2.05) is 17.5 Å². The highest BCUT2D eigenvalue weighted by Gasteiger charge is 2.13. The smallest absolute Gasteiger partial charge is 0.339 e. The van der Waals surface area contributed by atoms with Crippen molar-refractivity contribution in [3.63, 3.8) is 0 Å². The summed E-state index contributed by atoms with van der Waals surface area (Å²) in [6.45, 7) is 2.16.